The van der Waals surface area contributed by atoms with Crippen molar-refractivity contribution in [2.24, 2.45) is 0 Å². The van der Waals surface area contributed by atoms with Crippen molar-refractivity contribution in [2.45, 2.75) is 35.9 Å². The highest BCUT2D eigenvalue weighted by Crippen LogP contribution is 2.44. The second-order valence-corrected chi connectivity index (χ2v) is 11.6. The summed E-state index contributed by atoms with van der Waals surface area (Å²) < 4.78 is 6.27. The quantitative estimate of drug-likeness (QED) is 0.0296. The first-order valence-corrected chi connectivity index (χ1v) is 15.0. The number of Topliss-reactive ketones (excluding diaryl/α,β-unsaturated/α-hetero) is 1. The molecule has 0 saturated carbocycles. The molecule has 1 saturated heterocycles. The molecule has 1 N–H and O–H groups in total. The topological polar surface area (TPSA) is 136 Å². The first kappa shape index (κ1) is 29.0. The van der Waals surface area contributed by atoms with Gasteiger partial charge in [-0.15, -0.1) is 10.2 Å². The molecule has 1 atom stereocenters. The molecule has 1 fully saturated rings. The van der Waals surface area contributed by atoms with Crippen LogP contribution in [0.25, 0.3) is 5.76 Å². The fourth-order valence-corrected chi connectivity index (χ4v) is 6.25. The number of hydrogen-bond acceptors (Lipinski definition) is 10. The lowest BCUT2D eigenvalue weighted by Gasteiger charge is -2.22. The van der Waals surface area contributed by atoms with Gasteiger partial charge in [0, 0.05) is 23.4 Å². The third kappa shape index (κ3) is 6.19. The van der Waals surface area contributed by atoms with Crippen LogP contribution < -0.4 is 9.64 Å². The van der Waals surface area contributed by atoms with Gasteiger partial charge in [-0.1, -0.05) is 78.9 Å². The molecule has 0 spiro atoms. The van der Waals surface area contributed by atoms with Crippen LogP contribution in [0.4, 0.5) is 10.8 Å². The Hall–Kier alpha value is -4.55. The summed E-state index contributed by atoms with van der Waals surface area (Å²) in [7, 11) is 0. The number of ether oxygens (including phenoxy) is 1. The number of nitro benzene ring substituents is 1. The monoisotopic (exact) mass is 602 g/mol. The predicted molar refractivity (Wildman–Crippen MR) is 161 cm³/mol. The van der Waals surface area contributed by atoms with Crippen molar-refractivity contribution in [3.05, 3.63) is 111 Å². The number of amides is 1. The lowest BCUT2D eigenvalue weighted by molar-refractivity contribution is -0.384. The summed E-state index contributed by atoms with van der Waals surface area (Å²) in [6.45, 7) is 2.61. The van der Waals surface area contributed by atoms with E-state index in [2.05, 4.69) is 17.1 Å². The Morgan fingerprint density at radius 3 is 2.55 bits per heavy atom. The van der Waals surface area contributed by atoms with E-state index in [4.69, 9.17) is 4.74 Å². The predicted octanol–water partition coefficient (Wildman–Crippen LogP) is 6.54. The molecule has 0 aliphatic carbocycles. The summed E-state index contributed by atoms with van der Waals surface area (Å²) in [4.78, 5) is 39.1. The van der Waals surface area contributed by atoms with Gasteiger partial charge in [0.1, 0.15) is 11.5 Å². The molecule has 1 amide bonds. The first-order chi connectivity index (χ1) is 20.4. The van der Waals surface area contributed by atoms with Gasteiger partial charge in [-0.25, -0.2) is 0 Å². The van der Waals surface area contributed by atoms with Crippen LogP contribution in [0.15, 0.2) is 88.8 Å². The number of anilines is 1. The van der Waals surface area contributed by atoms with Crippen LogP contribution >= 0.6 is 23.1 Å². The van der Waals surface area contributed by atoms with Crippen molar-refractivity contribution in [3.63, 3.8) is 0 Å². The lowest BCUT2D eigenvalue weighted by Crippen LogP contribution is -2.29. The maximum Gasteiger partial charge on any atom is 0.301 e. The fraction of sp³-hybridized carbons (Fsp3) is 0.200. The highest BCUT2D eigenvalue weighted by molar-refractivity contribution is 8.00. The molecule has 42 heavy (non-hydrogen) atoms. The zero-order valence-corrected chi connectivity index (χ0v) is 24.1. The second kappa shape index (κ2) is 13.0. The minimum Gasteiger partial charge on any atom is -0.507 e. The highest BCUT2D eigenvalue weighted by Gasteiger charge is 2.48. The number of hydrogen-bond donors (Lipinski definition) is 1. The summed E-state index contributed by atoms with van der Waals surface area (Å²) in [5, 5.41) is 31.5. The number of benzene rings is 3. The van der Waals surface area contributed by atoms with Gasteiger partial charge in [-0.05, 0) is 41.8 Å². The van der Waals surface area contributed by atoms with E-state index >= 15 is 0 Å². The van der Waals surface area contributed by atoms with Gasteiger partial charge in [-0.2, -0.15) is 0 Å². The Bertz CT molecular complexity index is 1640. The number of carbonyl (C=O) groups is 2. The summed E-state index contributed by atoms with van der Waals surface area (Å²) in [6, 6.07) is 20.8. The number of carbonyl (C=O) groups excluding carboxylic acids is 2. The summed E-state index contributed by atoms with van der Waals surface area (Å²) in [6.07, 6.45) is 1.88. The molecule has 12 heteroatoms. The number of non-ortho nitro benzene ring substituents is 1. The largest absolute Gasteiger partial charge is 0.507 e. The van der Waals surface area contributed by atoms with Crippen molar-refractivity contribution in [1.82, 2.24) is 10.2 Å². The van der Waals surface area contributed by atoms with Gasteiger partial charge in [0.05, 0.1) is 23.1 Å². The minimum absolute atomic E-state index is 0.142. The number of nitro groups is 1. The van der Waals surface area contributed by atoms with Gasteiger partial charge >= 0.3 is 5.91 Å². The van der Waals surface area contributed by atoms with Gasteiger partial charge in [0.2, 0.25) is 5.13 Å². The fourth-order valence-electron chi connectivity index (χ4n) is 4.43. The van der Waals surface area contributed by atoms with Crippen molar-refractivity contribution in [2.75, 3.05) is 11.5 Å². The molecule has 1 aliphatic rings. The van der Waals surface area contributed by atoms with E-state index in [-0.39, 0.29) is 22.0 Å². The molecule has 0 radical (unpaired) electrons. The number of thioether (sulfide) groups is 1. The van der Waals surface area contributed by atoms with Crippen LogP contribution in [0.3, 0.4) is 0 Å². The molecule has 214 valence electrons. The van der Waals surface area contributed by atoms with Gasteiger partial charge < -0.3 is 9.84 Å². The summed E-state index contributed by atoms with van der Waals surface area (Å²) in [5.41, 5.74) is 1.23. The van der Waals surface area contributed by atoms with Crippen molar-refractivity contribution in [1.29, 1.82) is 0 Å². The molecular formula is C30H26N4O6S2. The third-order valence-corrected chi connectivity index (χ3v) is 8.67. The number of ketones is 1. The molecular weight excluding hydrogens is 576 g/mol. The van der Waals surface area contributed by atoms with E-state index in [1.54, 1.807) is 30.3 Å². The normalized spacial score (nSPS) is 16.1. The Balaban J connectivity index is 1.53. The van der Waals surface area contributed by atoms with Gasteiger partial charge in [-0.3, -0.25) is 24.6 Å². The Labute approximate surface area is 249 Å². The van der Waals surface area contributed by atoms with Crippen LogP contribution in [0, 0.1) is 10.1 Å². The SMILES string of the molecule is CCCCOc1ccc(/C(O)=C2/C(=O)C(=O)N(c3nnc(SCc4ccccc4)s3)C2c2cccc([N+](=O)[O-])c2)cc1. The maximum atomic E-state index is 13.5. The number of rotatable bonds is 11. The van der Waals surface area contributed by atoms with Crippen molar-refractivity contribution < 1.29 is 24.4 Å². The zero-order chi connectivity index (χ0) is 29.6. The smallest absolute Gasteiger partial charge is 0.301 e. The molecule has 2 heterocycles. The van der Waals surface area contributed by atoms with E-state index in [9.17, 15) is 24.8 Å². The van der Waals surface area contributed by atoms with Gasteiger partial charge in [0.15, 0.2) is 4.34 Å². The Morgan fingerprint density at radius 2 is 1.83 bits per heavy atom. The number of aliphatic hydroxyl groups excluding tert-OH is 1. The number of unbranched alkanes of at least 4 members (excludes halogenated alkanes) is 1. The summed E-state index contributed by atoms with van der Waals surface area (Å²) >= 11 is 2.55. The van der Waals surface area contributed by atoms with Crippen molar-refractivity contribution in [3.8, 4) is 5.75 Å². The van der Waals surface area contributed by atoms with E-state index in [0.717, 1.165) is 34.6 Å². The van der Waals surface area contributed by atoms with E-state index in [1.807, 2.05) is 30.3 Å². The molecule has 3 aromatic carbocycles. The van der Waals surface area contributed by atoms with Crippen LogP contribution in [0.1, 0.15) is 42.5 Å². The van der Waals surface area contributed by atoms with E-state index in [0.29, 0.717) is 28.0 Å². The minimum atomic E-state index is -1.16. The van der Waals surface area contributed by atoms with Crippen molar-refractivity contribution >= 4 is 51.4 Å². The number of aliphatic hydroxyl groups is 1. The second-order valence-electron chi connectivity index (χ2n) is 9.37. The van der Waals surface area contributed by atoms with Crippen LogP contribution in [0.2, 0.25) is 0 Å². The lowest BCUT2D eigenvalue weighted by atomic mass is 9.95. The molecule has 4 aromatic rings. The van der Waals surface area contributed by atoms with E-state index < -0.39 is 28.4 Å². The highest BCUT2D eigenvalue weighted by atomic mass is 32.2. The zero-order valence-electron chi connectivity index (χ0n) is 22.5. The average Bonchev–Trinajstić information content (AvgIpc) is 3.58. The Kier molecular flexibility index (Phi) is 8.94. The molecule has 1 unspecified atom stereocenters. The standard InChI is InChI=1S/C30H26N4O6S2/c1-2-3-16-40-23-14-12-20(13-15-23)26(35)24-25(21-10-7-11-22(17-21)34(38)39)33(28(37)27(24)36)29-31-32-30(42-29)41-18-19-8-5-4-6-9-19/h4-15,17,25,35H,2-3,16,18H2,1H3/b26-24-. The number of aromatic nitrogens is 2. The van der Waals surface area contributed by atoms with Crippen LogP contribution in [-0.4, -0.2) is 38.5 Å². The van der Waals surface area contributed by atoms with Crippen LogP contribution in [-0.2, 0) is 15.3 Å². The van der Waals surface area contributed by atoms with E-state index in [1.165, 1.54) is 30.0 Å². The van der Waals surface area contributed by atoms with Gasteiger partial charge in [0.25, 0.3) is 11.5 Å². The Morgan fingerprint density at radius 1 is 1.07 bits per heavy atom. The maximum absolute atomic E-state index is 13.5. The first-order valence-electron chi connectivity index (χ1n) is 13.2. The van der Waals surface area contributed by atoms with Crippen LogP contribution in [0.5, 0.6) is 5.75 Å². The summed E-state index contributed by atoms with van der Waals surface area (Å²) in [5.74, 6) is -1.02. The molecule has 5 rings (SSSR count). The third-order valence-electron chi connectivity index (χ3n) is 6.54. The molecule has 10 nitrogen and oxygen atoms in total. The molecule has 1 aliphatic heterocycles. The molecule has 1 aromatic heterocycles. The average molecular weight is 603 g/mol. The number of nitrogens with zero attached hydrogens (tertiary/aromatic N) is 4. The molecule has 0 bridgehead atoms.